The van der Waals surface area contributed by atoms with Crippen molar-refractivity contribution in [3.8, 4) is 0 Å². The lowest BCUT2D eigenvalue weighted by Gasteiger charge is -2.10. The number of halogens is 2. The predicted molar refractivity (Wildman–Crippen MR) is 58.7 cm³/mol. The zero-order chi connectivity index (χ0) is 12.4. The third-order valence-electron chi connectivity index (χ3n) is 2.37. The summed E-state index contributed by atoms with van der Waals surface area (Å²) in [5, 5.41) is 2.17. The summed E-state index contributed by atoms with van der Waals surface area (Å²) in [5.74, 6) is -0.835. The molecule has 0 saturated carbocycles. The first kappa shape index (κ1) is 11.5. The van der Waals surface area contributed by atoms with Crippen LogP contribution >= 0.6 is 0 Å². The van der Waals surface area contributed by atoms with E-state index >= 15 is 0 Å². The third-order valence-corrected chi connectivity index (χ3v) is 2.37. The maximum atomic E-state index is 12.1. The van der Waals surface area contributed by atoms with E-state index in [4.69, 9.17) is 0 Å². The highest BCUT2D eigenvalue weighted by atomic mass is 19.3. The van der Waals surface area contributed by atoms with Gasteiger partial charge in [-0.05, 0) is 19.1 Å². The summed E-state index contributed by atoms with van der Waals surface area (Å²) in [6.07, 6.45) is -3.01. The molecule has 1 aromatic heterocycles. The van der Waals surface area contributed by atoms with Crippen LogP contribution in [0.5, 0.6) is 0 Å². The van der Waals surface area contributed by atoms with Crippen LogP contribution in [0.3, 0.4) is 0 Å². The van der Waals surface area contributed by atoms with Crippen molar-refractivity contribution in [2.24, 2.45) is 0 Å². The first-order valence-corrected chi connectivity index (χ1v) is 5.11. The monoisotopic (exact) mass is 239 g/mol. The number of hydrogen-bond acceptors (Lipinski definition) is 2. The summed E-state index contributed by atoms with van der Waals surface area (Å²) in [6, 6.07) is 6.72. The smallest absolute Gasteiger partial charge is 0.315 e. The molecule has 1 aromatic carbocycles. The second-order valence-electron chi connectivity index (χ2n) is 3.67. The van der Waals surface area contributed by atoms with Crippen LogP contribution < -0.4 is 5.32 Å². The van der Waals surface area contributed by atoms with Crippen LogP contribution in [0.25, 0.3) is 11.0 Å². The summed E-state index contributed by atoms with van der Waals surface area (Å²) in [5.41, 5.74) is 1.54. The molecular weight excluding hydrogens is 228 g/mol. The highest BCUT2D eigenvalue weighted by Crippen LogP contribution is 2.15. The zero-order valence-corrected chi connectivity index (χ0v) is 9.08. The van der Waals surface area contributed by atoms with Crippen molar-refractivity contribution in [2.45, 2.75) is 19.4 Å². The Balaban J connectivity index is 2.19. The fourth-order valence-electron chi connectivity index (χ4n) is 1.52. The zero-order valence-electron chi connectivity index (χ0n) is 9.08. The molecule has 4 nitrogen and oxygen atoms in total. The van der Waals surface area contributed by atoms with Gasteiger partial charge in [0.2, 0.25) is 0 Å². The van der Waals surface area contributed by atoms with Crippen LogP contribution in [-0.4, -0.2) is 22.3 Å². The van der Waals surface area contributed by atoms with Gasteiger partial charge in [-0.1, -0.05) is 12.1 Å². The number of amides is 1. The van der Waals surface area contributed by atoms with Crippen molar-refractivity contribution in [3.63, 3.8) is 0 Å². The van der Waals surface area contributed by atoms with Gasteiger partial charge >= 0.3 is 6.43 Å². The van der Waals surface area contributed by atoms with E-state index in [1.165, 1.54) is 0 Å². The predicted octanol–water partition coefficient (Wildman–Crippen LogP) is 2.01. The number of fused-ring (bicyclic) bond motifs is 1. The Kier molecular flexibility index (Phi) is 3.03. The molecule has 1 atom stereocenters. The lowest BCUT2D eigenvalue weighted by Crippen LogP contribution is -2.32. The SMILES string of the molecule is CC(NC(=O)C(F)F)c1nc2ccccc2[nH]1. The number of alkyl halides is 2. The molecule has 0 bridgehead atoms. The average Bonchev–Trinajstić information content (AvgIpc) is 2.72. The molecule has 2 aromatic rings. The highest BCUT2D eigenvalue weighted by molar-refractivity contribution is 5.80. The van der Waals surface area contributed by atoms with E-state index in [2.05, 4.69) is 15.3 Å². The Morgan fingerprint density at radius 2 is 2.12 bits per heavy atom. The molecule has 17 heavy (non-hydrogen) atoms. The second kappa shape index (κ2) is 4.48. The number of aromatic amines is 1. The summed E-state index contributed by atoms with van der Waals surface area (Å²) in [4.78, 5) is 18.0. The molecule has 0 saturated heterocycles. The first-order valence-electron chi connectivity index (χ1n) is 5.11. The van der Waals surface area contributed by atoms with Gasteiger partial charge in [0, 0.05) is 0 Å². The van der Waals surface area contributed by atoms with Crippen molar-refractivity contribution in [1.82, 2.24) is 15.3 Å². The summed E-state index contributed by atoms with van der Waals surface area (Å²) >= 11 is 0. The Bertz CT molecular complexity index is 505. The Labute approximate surface area is 96.0 Å². The molecule has 0 fully saturated rings. The molecule has 1 heterocycles. The van der Waals surface area contributed by atoms with Crippen LogP contribution in [0, 0.1) is 0 Å². The van der Waals surface area contributed by atoms with E-state index in [0.717, 1.165) is 11.0 Å². The molecule has 0 aliphatic heterocycles. The van der Waals surface area contributed by atoms with Crippen LogP contribution in [0.1, 0.15) is 18.8 Å². The molecule has 2 N–H and O–H groups in total. The number of carbonyl (C=O) groups excluding carboxylic acids is 1. The van der Waals surface area contributed by atoms with Gasteiger partial charge in [-0.2, -0.15) is 8.78 Å². The van der Waals surface area contributed by atoms with Crippen molar-refractivity contribution in [3.05, 3.63) is 30.1 Å². The Morgan fingerprint density at radius 1 is 1.41 bits per heavy atom. The van der Waals surface area contributed by atoms with Gasteiger partial charge in [-0.15, -0.1) is 0 Å². The minimum atomic E-state index is -3.01. The minimum Gasteiger partial charge on any atom is -0.341 e. The molecule has 90 valence electrons. The van der Waals surface area contributed by atoms with Gasteiger partial charge in [-0.25, -0.2) is 4.98 Å². The fourth-order valence-corrected chi connectivity index (χ4v) is 1.52. The maximum absolute atomic E-state index is 12.1. The van der Waals surface area contributed by atoms with E-state index in [1.807, 2.05) is 18.2 Å². The lowest BCUT2D eigenvalue weighted by molar-refractivity contribution is -0.132. The average molecular weight is 239 g/mol. The van der Waals surface area contributed by atoms with Crippen molar-refractivity contribution >= 4 is 16.9 Å². The molecule has 0 aliphatic carbocycles. The molecule has 6 heteroatoms. The number of nitrogens with zero attached hydrogens (tertiary/aromatic N) is 1. The third kappa shape index (κ3) is 2.41. The molecule has 1 unspecified atom stereocenters. The maximum Gasteiger partial charge on any atom is 0.315 e. The summed E-state index contributed by atoms with van der Waals surface area (Å²) in [6.45, 7) is 1.60. The van der Waals surface area contributed by atoms with Gasteiger partial charge in [0.25, 0.3) is 5.91 Å². The number of carbonyl (C=O) groups is 1. The minimum absolute atomic E-state index is 0.459. The van der Waals surface area contributed by atoms with E-state index in [1.54, 1.807) is 13.0 Å². The van der Waals surface area contributed by atoms with E-state index in [0.29, 0.717) is 5.82 Å². The highest BCUT2D eigenvalue weighted by Gasteiger charge is 2.19. The number of para-hydroxylation sites is 2. The van der Waals surface area contributed by atoms with Crippen LogP contribution in [0.4, 0.5) is 8.78 Å². The topological polar surface area (TPSA) is 57.8 Å². The number of hydrogen-bond donors (Lipinski definition) is 2. The van der Waals surface area contributed by atoms with Gasteiger partial charge in [0.1, 0.15) is 5.82 Å². The standard InChI is InChI=1S/C11H11F2N3O/c1-6(14-11(17)9(12)13)10-15-7-4-2-3-5-8(7)16-10/h2-6,9H,1H3,(H,14,17)(H,15,16). The Hall–Kier alpha value is -1.98. The molecule has 2 rings (SSSR count). The van der Waals surface area contributed by atoms with E-state index in [9.17, 15) is 13.6 Å². The summed E-state index contributed by atoms with van der Waals surface area (Å²) < 4.78 is 24.1. The largest absolute Gasteiger partial charge is 0.341 e. The number of nitrogens with one attached hydrogen (secondary N) is 2. The number of H-pyrrole nitrogens is 1. The van der Waals surface area contributed by atoms with Gasteiger partial charge in [0.05, 0.1) is 17.1 Å². The molecule has 0 radical (unpaired) electrons. The molecule has 0 spiro atoms. The van der Waals surface area contributed by atoms with Gasteiger partial charge < -0.3 is 10.3 Å². The van der Waals surface area contributed by atoms with Gasteiger partial charge in [0.15, 0.2) is 0 Å². The number of imidazole rings is 1. The summed E-state index contributed by atoms with van der Waals surface area (Å²) in [7, 11) is 0. The normalized spacial score (nSPS) is 12.9. The number of benzene rings is 1. The Morgan fingerprint density at radius 3 is 2.76 bits per heavy atom. The van der Waals surface area contributed by atoms with Crippen LogP contribution in [-0.2, 0) is 4.79 Å². The van der Waals surface area contributed by atoms with Crippen molar-refractivity contribution in [1.29, 1.82) is 0 Å². The first-order chi connectivity index (χ1) is 8.08. The van der Waals surface area contributed by atoms with E-state index < -0.39 is 18.4 Å². The lowest BCUT2D eigenvalue weighted by atomic mass is 10.3. The number of aromatic nitrogens is 2. The quantitative estimate of drug-likeness (QED) is 0.860. The molecule has 0 aliphatic rings. The van der Waals surface area contributed by atoms with Crippen molar-refractivity contribution < 1.29 is 13.6 Å². The van der Waals surface area contributed by atoms with Crippen LogP contribution in [0.15, 0.2) is 24.3 Å². The number of rotatable bonds is 3. The van der Waals surface area contributed by atoms with E-state index in [-0.39, 0.29) is 0 Å². The molecule has 1 amide bonds. The van der Waals surface area contributed by atoms with Crippen LogP contribution in [0.2, 0.25) is 0 Å². The fraction of sp³-hybridized carbons (Fsp3) is 0.273. The second-order valence-corrected chi connectivity index (χ2v) is 3.67. The molecular formula is C11H11F2N3O. The van der Waals surface area contributed by atoms with Crippen molar-refractivity contribution in [2.75, 3.05) is 0 Å². The van der Waals surface area contributed by atoms with Gasteiger partial charge in [-0.3, -0.25) is 4.79 Å².